The van der Waals surface area contributed by atoms with Crippen LogP contribution in [-0.4, -0.2) is 12.6 Å². The highest BCUT2D eigenvalue weighted by atomic mass is 79.9. The predicted molar refractivity (Wildman–Crippen MR) is 70.1 cm³/mol. The van der Waals surface area contributed by atoms with Crippen LogP contribution in [0.5, 0.6) is 0 Å². The van der Waals surface area contributed by atoms with Gasteiger partial charge in [-0.3, -0.25) is 0 Å². The molecule has 0 spiro atoms. The summed E-state index contributed by atoms with van der Waals surface area (Å²) in [7, 11) is 0. The van der Waals surface area contributed by atoms with Crippen molar-refractivity contribution in [1.82, 2.24) is 5.32 Å². The topological polar surface area (TPSA) is 12.0 Å². The Morgan fingerprint density at radius 1 is 1.31 bits per heavy atom. The lowest BCUT2D eigenvalue weighted by atomic mass is 10.1. The third-order valence-corrected chi connectivity index (χ3v) is 3.04. The summed E-state index contributed by atoms with van der Waals surface area (Å²) in [6.07, 6.45) is 0.858. The quantitative estimate of drug-likeness (QED) is 0.869. The molecule has 0 aromatic heterocycles. The molecule has 0 amide bonds. The number of hydrogen-bond donors (Lipinski definition) is 1. The SMILES string of the molecule is CC(C)CNC(C)Cc1ccc(Br)c(F)c1. The zero-order chi connectivity index (χ0) is 12.1. The van der Waals surface area contributed by atoms with Crippen molar-refractivity contribution in [3.05, 3.63) is 34.1 Å². The van der Waals surface area contributed by atoms with Crippen molar-refractivity contribution in [1.29, 1.82) is 0 Å². The van der Waals surface area contributed by atoms with Gasteiger partial charge in [0.1, 0.15) is 5.82 Å². The molecule has 90 valence electrons. The first kappa shape index (κ1) is 13.7. The van der Waals surface area contributed by atoms with Crippen LogP contribution < -0.4 is 5.32 Å². The highest BCUT2D eigenvalue weighted by molar-refractivity contribution is 9.10. The molecular formula is C13H19BrFN. The zero-order valence-electron chi connectivity index (χ0n) is 10.1. The molecule has 1 atom stereocenters. The highest BCUT2D eigenvalue weighted by Crippen LogP contribution is 2.17. The second-order valence-electron chi connectivity index (χ2n) is 4.66. The number of hydrogen-bond acceptors (Lipinski definition) is 1. The average molecular weight is 288 g/mol. The minimum atomic E-state index is -0.187. The molecule has 1 unspecified atom stereocenters. The first-order chi connectivity index (χ1) is 7.49. The summed E-state index contributed by atoms with van der Waals surface area (Å²) in [4.78, 5) is 0. The van der Waals surface area contributed by atoms with Crippen molar-refractivity contribution in [2.24, 2.45) is 5.92 Å². The van der Waals surface area contributed by atoms with E-state index in [1.165, 1.54) is 0 Å². The van der Waals surface area contributed by atoms with E-state index in [0.717, 1.165) is 18.5 Å². The second kappa shape index (κ2) is 6.36. The van der Waals surface area contributed by atoms with Crippen molar-refractivity contribution in [2.75, 3.05) is 6.54 Å². The van der Waals surface area contributed by atoms with Crippen molar-refractivity contribution in [3.63, 3.8) is 0 Å². The van der Waals surface area contributed by atoms with E-state index >= 15 is 0 Å². The molecule has 0 heterocycles. The number of rotatable bonds is 5. The minimum absolute atomic E-state index is 0.187. The summed E-state index contributed by atoms with van der Waals surface area (Å²) in [5.74, 6) is 0.456. The van der Waals surface area contributed by atoms with Crippen molar-refractivity contribution < 1.29 is 4.39 Å². The zero-order valence-corrected chi connectivity index (χ0v) is 11.6. The predicted octanol–water partition coefficient (Wildman–Crippen LogP) is 3.76. The molecule has 0 saturated heterocycles. The fraction of sp³-hybridized carbons (Fsp3) is 0.538. The maximum absolute atomic E-state index is 13.3. The van der Waals surface area contributed by atoms with Crippen LogP contribution in [0.3, 0.4) is 0 Å². The third-order valence-electron chi connectivity index (χ3n) is 2.40. The van der Waals surface area contributed by atoms with Gasteiger partial charge in [0.2, 0.25) is 0 Å². The summed E-state index contributed by atoms with van der Waals surface area (Å²) in [5, 5.41) is 3.43. The molecule has 0 aliphatic carbocycles. The summed E-state index contributed by atoms with van der Waals surface area (Å²) in [5.41, 5.74) is 1.03. The van der Waals surface area contributed by atoms with Gasteiger partial charge in [-0.05, 0) is 59.4 Å². The standard InChI is InChI=1S/C13H19BrFN/c1-9(2)8-16-10(3)6-11-4-5-12(14)13(15)7-11/h4-5,7,9-10,16H,6,8H2,1-3H3. The van der Waals surface area contributed by atoms with Crippen molar-refractivity contribution in [3.8, 4) is 0 Å². The van der Waals surface area contributed by atoms with Crippen LogP contribution in [0, 0.1) is 11.7 Å². The van der Waals surface area contributed by atoms with Crippen LogP contribution in [-0.2, 0) is 6.42 Å². The molecule has 0 fully saturated rings. The van der Waals surface area contributed by atoms with Crippen LogP contribution in [0.15, 0.2) is 22.7 Å². The van der Waals surface area contributed by atoms with E-state index in [1.807, 2.05) is 6.07 Å². The van der Waals surface area contributed by atoms with Gasteiger partial charge < -0.3 is 5.32 Å². The summed E-state index contributed by atoms with van der Waals surface area (Å²) in [6, 6.07) is 5.70. The Balaban J connectivity index is 2.49. The Morgan fingerprint density at radius 2 is 2.00 bits per heavy atom. The van der Waals surface area contributed by atoms with Gasteiger partial charge in [-0.15, -0.1) is 0 Å². The molecule has 16 heavy (non-hydrogen) atoms. The lowest BCUT2D eigenvalue weighted by molar-refractivity contribution is 0.481. The van der Waals surface area contributed by atoms with Gasteiger partial charge >= 0.3 is 0 Å². The third kappa shape index (κ3) is 4.62. The molecular weight excluding hydrogens is 269 g/mol. The highest BCUT2D eigenvalue weighted by Gasteiger charge is 2.06. The summed E-state index contributed by atoms with van der Waals surface area (Å²) < 4.78 is 13.8. The van der Waals surface area contributed by atoms with Gasteiger partial charge in [0.15, 0.2) is 0 Å². The Hall–Kier alpha value is -0.410. The summed E-state index contributed by atoms with van der Waals surface area (Å²) in [6.45, 7) is 7.49. The molecule has 1 rings (SSSR count). The Bertz CT molecular complexity index is 339. The Kier molecular flexibility index (Phi) is 5.42. The first-order valence-corrected chi connectivity index (χ1v) is 6.45. The largest absolute Gasteiger partial charge is 0.314 e. The van der Waals surface area contributed by atoms with Crippen LogP contribution in [0.4, 0.5) is 4.39 Å². The van der Waals surface area contributed by atoms with Crippen LogP contribution >= 0.6 is 15.9 Å². The number of benzene rings is 1. The molecule has 0 bridgehead atoms. The lowest BCUT2D eigenvalue weighted by Gasteiger charge is -2.15. The van der Waals surface area contributed by atoms with Crippen LogP contribution in [0.1, 0.15) is 26.3 Å². The molecule has 0 radical (unpaired) electrons. The van der Waals surface area contributed by atoms with Gasteiger partial charge in [0.05, 0.1) is 4.47 Å². The molecule has 0 aliphatic heterocycles. The molecule has 0 aliphatic rings. The molecule has 1 nitrogen and oxygen atoms in total. The maximum atomic E-state index is 13.3. The van der Waals surface area contributed by atoms with Gasteiger partial charge in [-0.25, -0.2) is 4.39 Å². The van der Waals surface area contributed by atoms with E-state index in [1.54, 1.807) is 12.1 Å². The van der Waals surface area contributed by atoms with Crippen LogP contribution in [0.25, 0.3) is 0 Å². The van der Waals surface area contributed by atoms with E-state index in [-0.39, 0.29) is 5.82 Å². The van der Waals surface area contributed by atoms with E-state index in [0.29, 0.717) is 16.4 Å². The van der Waals surface area contributed by atoms with Crippen molar-refractivity contribution in [2.45, 2.75) is 33.2 Å². The van der Waals surface area contributed by atoms with Gasteiger partial charge in [0, 0.05) is 6.04 Å². The Labute approximate surface area is 106 Å². The van der Waals surface area contributed by atoms with E-state index < -0.39 is 0 Å². The maximum Gasteiger partial charge on any atom is 0.137 e. The monoisotopic (exact) mass is 287 g/mol. The van der Waals surface area contributed by atoms with Gasteiger partial charge in [-0.2, -0.15) is 0 Å². The molecule has 1 aromatic carbocycles. The molecule has 3 heteroatoms. The van der Waals surface area contributed by atoms with Crippen LogP contribution in [0.2, 0.25) is 0 Å². The average Bonchev–Trinajstić information content (AvgIpc) is 2.21. The van der Waals surface area contributed by atoms with Gasteiger partial charge in [0.25, 0.3) is 0 Å². The number of halogens is 2. The van der Waals surface area contributed by atoms with E-state index in [4.69, 9.17) is 0 Å². The second-order valence-corrected chi connectivity index (χ2v) is 5.51. The van der Waals surface area contributed by atoms with E-state index in [9.17, 15) is 4.39 Å². The van der Waals surface area contributed by atoms with E-state index in [2.05, 4.69) is 42.0 Å². The molecule has 1 N–H and O–H groups in total. The normalized spacial score (nSPS) is 13.1. The molecule has 0 saturated carbocycles. The first-order valence-electron chi connectivity index (χ1n) is 5.66. The fourth-order valence-corrected chi connectivity index (χ4v) is 1.78. The minimum Gasteiger partial charge on any atom is -0.314 e. The summed E-state index contributed by atoms with van der Waals surface area (Å²) >= 11 is 3.15. The van der Waals surface area contributed by atoms with Gasteiger partial charge in [-0.1, -0.05) is 19.9 Å². The smallest absolute Gasteiger partial charge is 0.137 e. The lowest BCUT2D eigenvalue weighted by Crippen LogP contribution is -2.31. The fourth-order valence-electron chi connectivity index (χ4n) is 1.53. The Morgan fingerprint density at radius 3 is 2.56 bits per heavy atom. The molecule has 1 aromatic rings. The van der Waals surface area contributed by atoms with Crippen molar-refractivity contribution >= 4 is 15.9 Å². The number of nitrogens with one attached hydrogen (secondary N) is 1.